The Morgan fingerprint density at radius 1 is 0.947 bits per heavy atom. The van der Waals surface area contributed by atoms with Crippen molar-refractivity contribution in [2.45, 2.75) is 13.3 Å². The van der Waals surface area contributed by atoms with Crippen LogP contribution in [-0.2, 0) is 0 Å². The standard InChI is InChI=1S/C16H21N3/c1-13-5-9-18-7-4-8-19-10-6-14(17(2)3)12-16(19)15(18)11-13/h5-6,9-12H,4,7-8H2,1-3H3. The Kier molecular flexibility index (Phi) is 2.97. The molecule has 0 aliphatic carbocycles. The van der Waals surface area contributed by atoms with E-state index >= 15 is 0 Å². The highest BCUT2D eigenvalue weighted by molar-refractivity contribution is 5.45. The second kappa shape index (κ2) is 4.65. The van der Waals surface area contributed by atoms with Gasteiger partial charge in [-0.25, -0.2) is 0 Å². The van der Waals surface area contributed by atoms with Crippen LogP contribution in [0.4, 0.5) is 0 Å². The predicted octanol–water partition coefficient (Wildman–Crippen LogP) is 2.65. The number of hydrogen-bond acceptors (Lipinski definition) is 3. The van der Waals surface area contributed by atoms with Crippen LogP contribution in [0.5, 0.6) is 0 Å². The fraction of sp³-hybridized carbons (Fsp3) is 0.375. The lowest BCUT2D eigenvalue weighted by molar-refractivity contribution is 0.440. The van der Waals surface area contributed by atoms with Crippen molar-refractivity contribution in [3.05, 3.63) is 59.4 Å². The van der Waals surface area contributed by atoms with E-state index in [-0.39, 0.29) is 0 Å². The Bertz CT molecular complexity index is 532. The molecule has 0 aromatic carbocycles. The molecule has 100 valence electrons. The van der Waals surface area contributed by atoms with Crippen molar-refractivity contribution < 1.29 is 0 Å². The minimum atomic E-state index is 1.09. The maximum Gasteiger partial charge on any atom is 0.0668 e. The number of nitrogens with zero attached hydrogens (tertiary/aromatic N) is 3. The quantitative estimate of drug-likeness (QED) is 0.713. The minimum absolute atomic E-state index is 1.09. The lowest BCUT2D eigenvalue weighted by Crippen LogP contribution is -2.24. The van der Waals surface area contributed by atoms with Gasteiger partial charge < -0.3 is 14.7 Å². The Hall–Kier alpha value is -1.90. The second-order valence-electron chi connectivity index (χ2n) is 5.49. The van der Waals surface area contributed by atoms with Gasteiger partial charge in [0.2, 0.25) is 0 Å². The highest BCUT2D eigenvalue weighted by Crippen LogP contribution is 2.30. The van der Waals surface area contributed by atoms with E-state index in [4.69, 9.17) is 0 Å². The normalized spacial score (nSPS) is 21.6. The summed E-state index contributed by atoms with van der Waals surface area (Å²) in [6, 6.07) is 0. The summed E-state index contributed by atoms with van der Waals surface area (Å²) in [6.45, 7) is 4.34. The lowest BCUT2D eigenvalue weighted by Gasteiger charge is -2.30. The summed E-state index contributed by atoms with van der Waals surface area (Å²) in [4.78, 5) is 6.89. The molecule has 3 rings (SSSR count). The van der Waals surface area contributed by atoms with Gasteiger partial charge in [-0.2, -0.15) is 0 Å². The molecule has 3 nitrogen and oxygen atoms in total. The Labute approximate surface area is 115 Å². The molecule has 0 radical (unpaired) electrons. The van der Waals surface area contributed by atoms with E-state index in [9.17, 15) is 0 Å². The second-order valence-corrected chi connectivity index (χ2v) is 5.49. The molecule has 19 heavy (non-hydrogen) atoms. The molecule has 0 aromatic rings. The van der Waals surface area contributed by atoms with Crippen LogP contribution in [-0.4, -0.2) is 41.9 Å². The average Bonchev–Trinajstić information content (AvgIpc) is 2.57. The number of allylic oxidation sites excluding steroid dienone is 5. The van der Waals surface area contributed by atoms with Gasteiger partial charge in [-0.15, -0.1) is 0 Å². The monoisotopic (exact) mass is 255 g/mol. The first-order valence-electron chi connectivity index (χ1n) is 6.86. The van der Waals surface area contributed by atoms with Crippen LogP contribution in [0.2, 0.25) is 0 Å². The molecular weight excluding hydrogens is 234 g/mol. The van der Waals surface area contributed by atoms with Gasteiger partial charge in [0.1, 0.15) is 0 Å². The van der Waals surface area contributed by atoms with Crippen molar-refractivity contribution in [1.29, 1.82) is 0 Å². The van der Waals surface area contributed by atoms with Crippen LogP contribution in [0.25, 0.3) is 0 Å². The van der Waals surface area contributed by atoms with E-state index in [0.717, 1.165) is 13.1 Å². The Balaban J connectivity index is 2.09. The van der Waals surface area contributed by atoms with E-state index in [1.165, 1.54) is 29.1 Å². The molecule has 0 saturated carbocycles. The van der Waals surface area contributed by atoms with Gasteiger partial charge in [0.25, 0.3) is 0 Å². The summed E-state index contributed by atoms with van der Waals surface area (Å²) < 4.78 is 0. The molecule has 3 heterocycles. The molecule has 0 aromatic heterocycles. The van der Waals surface area contributed by atoms with Gasteiger partial charge in [-0.3, -0.25) is 0 Å². The summed E-state index contributed by atoms with van der Waals surface area (Å²) >= 11 is 0. The Morgan fingerprint density at radius 3 is 2.26 bits per heavy atom. The molecule has 0 amide bonds. The first-order valence-corrected chi connectivity index (χ1v) is 6.86. The van der Waals surface area contributed by atoms with Crippen LogP contribution in [0.15, 0.2) is 59.4 Å². The first kappa shape index (κ1) is 12.2. The molecule has 3 aliphatic rings. The van der Waals surface area contributed by atoms with Gasteiger partial charge in [0.15, 0.2) is 0 Å². The van der Waals surface area contributed by atoms with Crippen LogP contribution < -0.4 is 0 Å². The largest absolute Gasteiger partial charge is 0.378 e. The van der Waals surface area contributed by atoms with E-state index < -0.39 is 0 Å². The van der Waals surface area contributed by atoms with Crippen LogP contribution in [0.3, 0.4) is 0 Å². The fourth-order valence-corrected chi connectivity index (χ4v) is 2.67. The maximum absolute atomic E-state index is 2.37. The smallest absolute Gasteiger partial charge is 0.0668 e. The summed E-state index contributed by atoms with van der Waals surface area (Å²) in [5.74, 6) is 0. The lowest BCUT2D eigenvalue weighted by atomic mass is 10.1. The van der Waals surface area contributed by atoms with Gasteiger partial charge in [0, 0.05) is 45.3 Å². The summed E-state index contributed by atoms with van der Waals surface area (Å²) in [6.07, 6.45) is 14.6. The number of likely N-dealkylation sites (N-methyl/N-ethyl adjacent to an activating group) is 1. The molecule has 0 N–H and O–H groups in total. The molecule has 0 bridgehead atoms. The van der Waals surface area contributed by atoms with Crippen LogP contribution in [0.1, 0.15) is 13.3 Å². The van der Waals surface area contributed by atoms with E-state index in [1.807, 2.05) is 0 Å². The van der Waals surface area contributed by atoms with Crippen LogP contribution >= 0.6 is 0 Å². The summed E-state index contributed by atoms with van der Waals surface area (Å²) in [5.41, 5.74) is 5.20. The molecular formula is C16H21N3. The molecule has 0 unspecified atom stereocenters. The minimum Gasteiger partial charge on any atom is -0.378 e. The van der Waals surface area contributed by atoms with Crippen molar-refractivity contribution in [3.63, 3.8) is 0 Å². The number of rotatable bonds is 1. The van der Waals surface area contributed by atoms with Crippen molar-refractivity contribution in [2.75, 3.05) is 27.2 Å². The zero-order chi connectivity index (χ0) is 13.4. The molecule has 0 spiro atoms. The SMILES string of the molecule is CC1=CC2=C3C=C(N(C)C)C=CN3CCCN2C=C1. The molecule has 3 aliphatic heterocycles. The van der Waals surface area contributed by atoms with Crippen molar-refractivity contribution in [2.24, 2.45) is 0 Å². The molecule has 0 saturated heterocycles. The molecule has 0 atom stereocenters. The number of fused-ring (bicyclic) bond motifs is 2. The van der Waals surface area contributed by atoms with Gasteiger partial charge in [-0.1, -0.05) is 0 Å². The van der Waals surface area contributed by atoms with Gasteiger partial charge >= 0.3 is 0 Å². The van der Waals surface area contributed by atoms with Gasteiger partial charge in [-0.05, 0) is 43.2 Å². The van der Waals surface area contributed by atoms with Crippen LogP contribution in [0, 0.1) is 0 Å². The Morgan fingerprint density at radius 2 is 1.58 bits per heavy atom. The van der Waals surface area contributed by atoms with Crippen molar-refractivity contribution >= 4 is 0 Å². The zero-order valence-corrected chi connectivity index (χ0v) is 11.9. The highest BCUT2D eigenvalue weighted by atomic mass is 15.2. The number of hydrogen-bond donors (Lipinski definition) is 0. The van der Waals surface area contributed by atoms with Gasteiger partial charge in [0.05, 0.1) is 11.4 Å². The third kappa shape index (κ3) is 2.21. The predicted molar refractivity (Wildman–Crippen MR) is 78.9 cm³/mol. The highest BCUT2D eigenvalue weighted by Gasteiger charge is 2.22. The maximum atomic E-state index is 2.37. The third-order valence-electron chi connectivity index (χ3n) is 3.79. The molecule has 0 fully saturated rings. The first-order chi connectivity index (χ1) is 9.15. The third-order valence-corrected chi connectivity index (χ3v) is 3.79. The summed E-state index contributed by atoms with van der Waals surface area (Å²) in [7, 11) is 4.18. The van der Waals surface area contributed by atoms with Crippen molar-refractivity contribution in [3.8, 4) is 0 Å². The van der Waals surface area contributed by atoms with E-state index in [2.05, 4.69) is 72.4 Å². The summed E-state index contributed by atoms with van der Waals surface area (Å²) in [5, 5.41) is 0. The topological polar surface area (TPSA) is 9.72 Å². The zero-order valence-electron chi connectivity index (χ0n) is 11.9. The van der Waals surface area contributed by atoms with Crippen molar-refractivity contribution in [1.82, 2.24) is 14.7 Å². The van der Waals surface area contributed by atoms with E-state index in [0.29, 0.717) is 0 Å². The average molecular weight is 255 g/mol. The van der Waals surface area contributed by atoms with E-state index in [1.54, 1.807) is 0 Å². The molecule has 3 heteroatoms. The fourth-order valence-electron chi connectivity index (χ4n) is 2.67.